The fourth-order valence-electron chi connectivity index (χ4n) is 1.78. The van der Waals surface area contributed by atoms with E-state index in [4.69, 9.17) is 0 Å². The zero-order valence-electron chi connectivity index (χ0n) is 11.7. The Bertz CT molecular complexity index is 486. The summed E-state index contributed by atoms with van der Waals surface area (Å²) in [5.74, 6) is 0.0661. The molecule has 2 heteroatoms. The van der Waals surface area contributed by atoms with Crippen LogP contribution in [0.3, 0.4) is 0 Å². The first-order valence-electron chi connectivity index (χ1n) is 6.20. The average molecular weight is 243 g/mol. The van der Waals surface area contributed by atoms with Crippen molar-refractivity contribution in [2.75, 3.05) is 13.6 Å². The van der Waals surface area contributed by atoms with Crippen LogP contribution >= 0.6 is 0 Å². The monoisotopic (exact) mass is 243 g/mol. The van der Waals surface area contributed by atoms with E-state index in [-0.39, 0.29) is 5.91 Å². The molecule has 0 aliphatic carbocycles. The molecule has 0 aliphatic rings. The molecule has 18 heavy (non-hydrogen) atoms. The normalized spacial score (nSPS) is 11.2. The maximum atomic E-state index is 12.2. The molecular weight excluding hydrogens is 222 g/mol. The van der Waals surface area contributed by atoms with Crippen molar-refractivity contribution in [3.05, 3.63) is 53.6 Å². The summed E-state index contributed by atoms with van der Waals surface area (Å²) in [6.45, 7) is 10.4. The number of hydrogen-bond acceptors (Lipinski definition) is 1. The molecule has 0 spiro atoms. The van der Waals surface area contributed by atoms with Crippen molar-refractivity contribution in [2.24, 2.45) is 0 Å². The third-order valence-corrected chi connectivity index (χ3v) is 3.15. The number of carbonyl (C=O) groups excluding carboxylic acids is 1. The number of aryl methyl sites for hydroxylation is 1. The molecule has 0 bridgehead atoms. The maximum Gasteiger partial charge on any atom is 0.253 e. The van der Waals surface area contributed by atoms with Gasteiger partial charge in [-0.2, -0.15) is 0 Å². The predicted octanol–water partition coefficient (Wildman–Crippen LogP) is 3.68. The number of hydrogen-bond donors (Lipinski definition) is 0. The molecule has 0 radical (unpaired) electrons. The molecule has 0 heterocycles. The minimum absolute atomic E-state index is 0.0661. The van der Waals surface area contributed by atoms with Gasteiger partial charge in [-0.25, -0.2) is 0 Å². The lowest BCUT2D eigenvalue weighted by molar-refractivity contribution is 0.0801. The maximum absolute atomic E-state index is 12.2. The smallest absolute Gasteiger partial charge is 0.253 e. The van der Waals surface area contributed by atoms with Gasteiger partial charge in [-0.05, 0) is 43.5 Å². The Morgan fingerprint density at radius 1 is 1.44 bits per heavy atom. The summed E-state index contributed by atoms with van der Waals surface area (Å²) in [4.78, 5) is 13.9. The van der Waals surface area contributed by atoms with Crippen molar-refractivity contribution in [2.45, 2.75) is 20.8 Å². The van der Waals surface area contributed by atoms with Gasteiger partial charge < -0.3 is 4.90 Å². The van der Waals surface area contributed by atoms with Crippen molar-refractivity contribution in [1.29, 1.82) is 0 Å². The van der Waals surface area contributed by atoms with Gasteiger partial charge in [0.2, 0.25) is 0 Å². The number of rotatable bonds is 4. The Morgan fingerprint density at radius 2 is 2.11 bits per heavy atom. The minimum atomic E-state index is 0.0661. The third-order valence-electron chi connectivity index (χ3n) is 3.15. The number of allylic oxidation sites excluding steroid dienone is 3. The molecule has 1 rings (SSSR count). The molecule has 1 amide bonds. The van der Waals surface area contributed by atoms with E-state index in [2.05, 4.69) is 6.58 Å². The van der Waals surface area contributed by atoms with Crippen LogP contribution in [0.4, 0.5) is 0 Å². The van der Waals surface area contributed by atoms with Crippen LogP contribution in [0, 0.1) is 6.92 Å². The van der Waals surface area contributed by atoms with Gasteiger partial charge in [0.15, 0.2) is 0 Å². The van der Waals surface area contributed by atoms with Crippen molar-refractivity contribution in [3.8, 4) is 0 Å². The van der Waals surface area contributed by atoms with Gasteiger partial charge in [-0.15, -0.1) is 0 Å². The lowest BCUT2D eigenvalue weighted by Gasteiger charge is -2.17. The molecule has 0 aromatic heterocycles. The molecule has 0 saturated carbocycles. The summed E-state index contributed by atoms with van der Waals surface area (Å²) in [6, 6.07) is 5.95. The van der Waals surface area contributed by atoms with Crippen LogP contribution in [-0.4, -0.2) is 24.4 Å². The Morgan fingerprint density at radius 3 is 2.61 bits per heavy atom. The highest BCUT2D eigenvalue weighted by molar-refractivity contribution is 5.96. The molecule has 1 aromatic rings. The SMILES string of the molecule is C=C/C(=C\C)c1ccc(C)c(C(=O)N(C)CC)c1. The zero-order valence-corrected chi connectivity index (χ0v) is 11.7. The van der Waals surface area contributed by atoms with Crippen LogP contribution in [0.1, 0.15) is 35.3 Å². The van der Waals surface area contributed by atoms with E-state index in [9.17, 15) is 4.79 Å². The number of amides is 1. The lowest BCUT2D eigenvalue weighted by atomic mass is 9.99. The molecule has 0 saturated heterocycles. The topological polar surface area (TPSA) is 20.3 Å². The van der Waals surface area contributed by atoms with Crippen molar-refractivity contribution < 1.29 is 4.79 Å². The molecule has 2 nitrogen and oxygen atoms in total. The zero-order chi connectivity index (χ0) is 13.7. The van der Waals surface area contributed by atoms with E-state index in [0.717, 1.165) is 22.3 Å². The Balaban J connectivity index is 3.25. The van der Waals surface area contributed by atoms with Gasteiger partial charge in [0.25, 0.3) is 5.91 Å². The fourth-order valence-corrected chi connectivity index (χ4v) is 1.78. The first-order chi connectivity index (χ1) is 8.54. The van der Waals surface area contributed by atoms with Gasteiger partial charge in [0, 0.05) is 19.2 Å². The highest BCUT2D eigenvalue weighted by Crippen LogP contribution is 2.20. The van der Waals surface area contributed by atoms with Crippen LogP contribution < -0.4 is 0 Å². The van der Waals surface area contributed by atoms with E-state index in [1.54, 1.807) is 4.90 Å². The quantitative estimate of drug-likeness (QED) is 0.739. The first-order valence-corrected chi connectivity index (χ1v) is 6.20. The lowest BCUT2D eigenvalue weighted by Crippen LogP contribution is -2.26. The summed E-state index contributed by atoms with van der Waals surface area (Å²) < 4.78 is 0. The standard InChI is InChI=1S/C16H21NO/c1-6-13(7-2)14-10-9-12(4)15(11-14)16(18)17(5)8-3/h6-7,9-11H,1,8H2,2-5H3/b13-7+. The second-order valence-electron chi connectivity index (χ2n) is 4.30. The van der Waals surface area contributed by atoms with Crippen LogP contribution in [-0.2, 0) is 0 Å². The van der Waals surface area contributed by atoms with Crippen LogP contribution in [0.25, 0.3) is 5.57 Å². The minimum Gasteiger partial charge on any atom is -0.342 e. The molecule has 96 valence electrons. The average Bonchev–Trinajstić information content (AvgIpc) is 2.40. The summed E-state index contributed by atoms with van der Waals surface area (Å²) in [5.41, 5.74) is 3.84. The first kappa shape index (κ1) is 14.2. The highest BCUT2D eigenvalue weighted by atomic mass is 16.2. The van der Waals surface area contributed by atoms with Gasteiger partial charge in [-0.1, -0.05) is 30.9 Å². The second-order valence-corrected chi connectivity index (χ2v) is 4.30. The molecule has 0 aliphatic heterocycles. The van der Waals surface area contributed by atoms with Gasteiger partial charge in [-0.3, -0.25) is 4.79 Å². The summed E-state index contributed by atoms with van der Waals surface area (Å²) in [7, 11) is 1.82. The van der Waals surface area contributed by atoms with Crippen molar-refractivity contribution in [1.82, 2.24) is 4.90 Å². The predicted molar refractivity (Wildman–Crippen MR) is 77.7 cm³/mol. The van der Waals surface area contributed by atoms with E-state index in [1.165, 1.54) is 0 Å². The van der Waals surface area contributed by atoms with Gasteiger partial charge >= 0.3 is 0 Å². The third kappa shape index (κ3) is 2.89. The molecule has 0 fully saturated rings. The van der Waals surface area contributed by atoms with Crippen LogP contribution in [0.2, 0.25) is 0 Å². The fraction of sp³-hybridized carbons (Fsp3) is 0.312. The summed E-state index contributed by atoms with van der Waals surface area (Å²) in [6.07, 6.45) is 3.80. The molecule has 0 atom stereocenters. The van der Waals surface area contributed by atoms with Crippen molar-refractivity contribution >= 4 is 11.5 Å². The van der Waals surface area contributed by atoms with Gasteiger partial charge in [0.1, 0.15) is 0 Å². The van der Waals surface area contributed by atoms with E-state index >= 15 is 0 Å². The van der Waals surface area contributed by atoms with E-state index in [1.807, 2.05) is 58.2 Å². The molecule has 1 aromatic carbocycles. The largest absolute Gasteiger partial charge is 0.342 e. The number of benzene rings is 1. The Kier molecular flexibility index (Phi) is 4.90. The molecule has 0 unspecified atom stereocenters. The van der Waals surface area contributed by atoms with E-state index < -0.39 is 0 Å². The summed E-state index contributed by atoms with van der Waals surface area (Å²) >= 11 is 0. The second kappa shape index (κ2) is 6.20. The number of nitrogens with zero attached hydrogens (tertiary/aromatic N) is 1. The number of carbonyl (C=O) groups is 1. The van der Waals surface area contributed by atoms with Crippen molar-refractivity contribution in [3.63, 3.8) is 0 Å². The van der Waals surface area contributed by atoms with Gasteiger partial charge in [0.05, 0.1) is 0 Å². The Labute approximate surface area is 110 Å². The van der Waals surface area contributed by atoms with E-state index in [0.29, 0.717) is 6.54 Å². The van der Waals surface area contributed by atoms with Crippen LogP contribution in [0.15, 0.2) is 36.9 Å². The molecular formula is C16H21NO. The Hall–Kier alpha value is -1.83. The summed E-state index contributed by atoms with van der Waals surface area (Å²) in [5, 5.41) is 0. The molecule has 0 N–H and O–H groups in total. The van der Waals surface area contributed by atoms with Crippen LogP contribution in [0.5, 0.6) is 0 Å². The highest BCUT2D eigenvalue weighted by Gasteiger charge is 2.13.